The van der Waals surface area contributed by atoms with Gasteiger partial charge in [0.25, 0.3) is 0 Å². The lowest BCUT2D eigenvalue weighted by Crippen LogP contribution is -2.21. The summed E-state index contributed by atoms with van der Waals surface area (Å²) < 4.78 is 11.1. The van der Waals surface area contributed by atoms with Gasteiger partial charge in [0.05, 0.1) is 6.10 Å². The number of carbonyl (C=O) groups is 1. The third kappa shape index (κ3) is 1.51. The largest absolute Gasteiger partial charge is 0.491 e. The van der Waals surface area contributed by atoms with Crippen LogP contribution in [0.15, 0.2) is 23.0 Å². The third-order valence-corrected chi connectivity index (χ3v) is 2.76. The van der Waals surface area contributed by atoms with E-state index in [2.05, 4.69) is 0 Å². The van der Waals surface area contributed by atoms with Gasteiger partial charge < -0.3 is 9.47 Å². The summed E-state index contributed by atoms with van der Waals surface area (Å²) in [7, 11) is 0. The lowest BCUT2D eigenvalue weighted by Gasteiger charge is -2.20. The number of rotatable bonds is 3. The topological polar surface area (TPSA) is 38.8 Å². The van der Waals surface area contributed by atoms with E-state index in [0.717, 1.165) is 23.2 Å². The first-order valence-electron chi connectivity index (χ1n) is 5.21. The summed E-state index contributed by atoms with van der Waals surface area (Å²) in [5.41, 5.74) is 1.33. The van der Waals surface area contributed by atoms with E-state index in [1.54, 1.807) is 0 Å². The molecule has 0 radical (unpaired) electrons. The Morgan fingerprint density at radius 2 is 2.20 bits per heavy atom. The molecule has 0 aromatic rings. The van der Waals surface area contributed by atoms with Gasteiger partial charge in [-0.05, 0) is 39.3 Å². The van der Waals surface area contributed by atoms with Crippen LogP contribution < -0.4 is 0 Å². The van der Waals surface area contributed by atoms with Crippen molar-refractivity contribution in [3.8, 4) is 0 Å². The van der Waals surface area contributed by atoms with Crippen LogP contribution >= 0.6 is 0 Å². The Morgan fingerprint density at radius 3 is 2.73 bits per heavy atom. The molecule has 1 saturated heterocycles. The smallest absolute Gasteiger partial charge is 0.173 e. The molecule has 0 bridgehead atoms. The summed E-state index contributed by atoms with van der Waals surface area (Å²) in [6, 6.07) is 0. The van der Waals surface area contributed by atoms with Gasteiger partial charge in [-0.2, -0.15) is 0 Å². The average Bonchev–Trinajstić information content (AvgIpc) is 2.87. The average molecular weight is 208 g/mol. The summed E-state index contributed by atoms with van der Waals surface area (Å²) in [5.74, 6) is 0.880. The van der Waals surface area contributed by atoms with Crippen LogP contribution in [0.25, 0.3) is 0 Å². The fourth-order valence-corrected chi connectivity index (χ4v) is 2.09. The fraction of sp³-hybridized carbons (Fsp3) is 0.583. The summed E-state index contributed by atoms with van der Waals surface area (Å²) in [5, 5.41) is 0. The lowest BCUT2D eigenvalue weighted by molar-refractivity contribution is -0.110. The predicted octanol–water partition coefficient (Wildman–Crippen LogP) is 1.98. The number of aldehydes is 1. The second-order valence-electron chi connectivity index (χ2n) is 4.48. The lowest BCUT2D eigenvalue weighted by atomic mass is 9.91. The summed E-state index contributed by atoms with van der Waals surface area (Å²) in [4.78, 5) is 10.9. The SMILES string of the molecule is CC1=CC2(C=O)OC2C(C)=C1OC(C)C. The van der Waals surface area contributed by atoms with E-state index in [0.29, 0.717) is 0 Å². The Kier molecular flexibility index (Phi) is 2.23. The maximum Gasteiger partial charge on any atom is 0.173 e. The van der Waals surface area contributed by atoms with E-state index in [1.807, 2.05) is 33.8 Å². The highest BCUT2D eigenvalue weighted by Gasteiger charge is 2.59. The first kappa shape index (κ1) is 10.4. The van der Waals surface area contributed by atoms with Crippen molar-refractivity contribution in [3.05, 3.63) is 23.0 Å². The third-order valence-electron chi connectivity index (χ3n) is 2.76. The zero-order chi connectivity index (χ0) is 11.2. The minimum absolute atomic E-state index is 0.104. The normalized spacial score (nSPS) is 33.7. The molecule has 2 aliphatic rings. The minimum atomic E-state index is -0.683. The van der Waals surface area contributed by atoms with Crippen LogP contribution in [0.2, 0.25) is 0 Å². The molecule has 0 aromatic heterocycles. The van der Waals surface area contributed by atoms with Crippen molar-refractivity contribution in [2.24, 2.45) is 0 Å². The van der Waals surface area contributed by atoms with Crippen LogP contribution in [0.1, 0.15) is 27.7 Å². The number of hydrogen-bond acceptors (Lipinski definition) is 3. The minimum Gasteiger partial charge on any atom is -0.491 e. The van der Waals surface area contributed by atoms with E-state index in [1.165, 1.54) is 0 Å². The molecule has 1 heterocycles. The molecule has 0 N–H and O–H groups in total. The molecule has 2 rings (SSSR count). The summed E-state index contributed by atoms with van der Waals surface area (Å²) in [6.45, 7) is 7.89. The van der Waals surface area contributed by atoms with Crippen LogP contribution in [0.4, 0.5) is 0 Å². The van der Waals surface area contributed by atoms with E-state index in [4.69, 9.17) is 9.47 Å². The second-order valence-corrected chi connectivity index (χ2v) is 4.48. The van der Waals surface area contributed by atoms with E-state index < -0.39 is 5.60 Å². The van der Waals surface area contributed by atoms with Gasteiger partial charge in [-0.15, -0.1) is 0 Å². The standard InChI is InChI=1S/C12H16O3/c1-7(2)14-10-8(3)5-12(6-13)11(15-12)9(10)4/h5-7,11H,1-4H3. The van der Waals surface area contributed by atoms with E-state index in [-0.39, 0.29) is 12.2 Å². The molecule has 2 atom stereocenters. The first-order valence-corrected chi connectivity index (χ1v) is 5.21. The van der Waals surface area contributed by atoms with Gasteiger partial charge in [-0.1, -0.05) is 0 Å². The summed E-state index contributed by atoms with van der Waals surface area (Å²) in [6.07, 6.45) is 2.76. The van der Waals surface area contributed by atoms with Crippen molar-refractivity contribution in [1.82, 2.24) is 0 Å². The Bertz CT molecular complexity index is 365. The molecule has 0 aromatic carbocycles. The van der Waals surface area contributed by atoms with Gasteiger partial charge in [0.15, 0.2) is 11.9 Å². The Hall–Kier alpha value is -1.09. The molecule has 0 saturated carbocycles. The van der Waals surface area contributed by atoms with Gasteiger partial charge in [0, 0.05) is 5.57 Å². The van der Waals surface area contributed by atoms with Crippen molar-refractivity contribution < 1.29 is 14.3 Å². The molecule has 1 aliphatic carbocycles. The van der Waals surface area contributed by atoms with Gasteiger partial charge in [-0.3, -0.25) is 4.79 Å². The van der Waals surface area contributed by atoms with Crippen molar-refractivity contribution in [2.45, 2.75) is 45.5 Å². The highest BCUT2D eigenvalue weighted by molar-refractivity contribution is 5.75. The van der Waals surface area contributed by atoms with Crippen molar-refractivity contribution in [2.75, 3.05) is 0 Å². The highest BCUT2D eigenvalue weighted by atomic mass is 16.6. The van der Waals surface area contributed by atoms with E-state index >= 15 is 0 Å². The van der Waals surface area contributed by atoms with Crippen LogP contribution in [-0.2, 0) is 14.3 Å². The van der Waals surface area contributed by atoms with Gasteiger partial charge in [-0.25, -0.2) is 0 Å². The quantitative estimate of drug-likeness (QED) is 0.526. The molecule has 82 valence electrons. The monoisotopic (exact) mass is 208 g/mol. The molecular formula is C12H16O3. The van der Waals surface area contributed by atoms with Crippen molar-refractivity contribution in [3.63, 3.8) is 0 Å². The van der Waals surface area contributed by atoms with Crippen LogP contribution in [0.5, 0.6) is 0 Å². The number of epoxide rings is 1. The maximum absolute atomic E-state index is 10.9. The summed E-state index contributed by atoms with van der Waals surface area (Å²) >= 11 is 0. The number of fused-ring (bicyclic) bond motifs is 1. The number of ether oxygens (including phenoxy) is 2. The zero-order valence-corrected chi connectivity index (χ0v) is 9.53. The van der Waals surface area contributed by atoms with Crippen molar-refractivity contribution >= 4 is 6.29 Å². The second kappa shape index (κ2) is 3.20. The number of hydrogen-bond donors (Lipinski definition) is 0. The van der Waals surface area contributed by atoms with Crippen LogP contribution in [0.3, 0.4) is 0 Å². The molecule has 0 spiro atoms. The van der Waals surface area contributed by atoms with Crippen molar-refractivity contribution in [1.29, 1.82) is 0 Å². The molecule has 2 unspecified atom stereocenters. The maximum atomic E-state index is 10.9. The first-order chi connectivity index (χ1) is 7.00. The predicted molar refractivity (Wildman–Crippen MR) is 56.3 cm³/mol. The number of allylic oxidation sites excluding steroid dienone is 1. The zero-order valence-electron chi connectivity index (χ0n) is 9.53. The Balaban J connectivity index is 2.30. The van der Waals surface area contributed by atoms with Gasteiger partial charge in [0.1, 0.15) is 11.9 Å². The van der Waals surface area contributed by atoms with Crippen LogP contribution in [0, 0.1) is 0 Å². The molecular weight excluding hydrogens is 192 g/mol. The Labute approximate surface area is 89.8 Å². The van der Waals surface area contributed by atoms with Gasteiger partial charge in [0.2, 0.25) is 0 Å². The highest BCUT2D eigenvalue weighted by Crippen LogP contribution is 2.47. The van der Waals surface area contributed by atoms with Gasteiger partial charge >= 0.3 is 0 Å². The fourth-order valence-electron chi connectivity index (χ4n) is 2.09. The Morgan fingerprint density at radius 1 is 1.53 bits per heavy atom. The molecule has 3 heteroatoms. The van der Waals surface area contributed by atoms with Crippen LogP contribution in [-0.4, -0.2) is 24.1 Å². The van der Waals surface area contributed by atoms with E-state index in [9.17, 15) is 4.79 Å². The molecule has 15 heavy (non-hydrogen) atoms. The molecule has 0 amide bonds. The molecule has 1 aliphatic heterocycles. The molecule has 1 fully saturated rings. The number of carbonyl (C=O) groups excluding carboxylic acids is 1. The molecule has 3 nitrogen and oxygen atoms in total.